The number of fused-ring (bicyclic) bond motifs is 1. The molecule has 0 bridgehead atoms. The van der Waals surface area contributed by atoms with Gasteiger partial charge in [0.1, 0.15) is 17.2 Å². The first-order valence-electron chi connectivity index (χ1n) is 13.2. The predicted molar refractivity (Wildman–Crippen MR) is 156 cm³/mol. The summed E-state index contributed by atoms with van der Waals surface area (Å²) in [6.45, 7) is 5.69. The molecule has 9 heteroatoms. The van der Waals surface area contributed by atoms with Gasteiger partial charge >= 0.3 is 5.97 Å². The number of phenolic OH excluding ortho intramolecular Hbond substituents is 1. The maximum atomic E-state index is 11.9. The second-order valence-corrected chi connectivity index (χ2v) is 11.8. The molecule has 1 heterocycles. The van der Waals surface area contributed by atoms with Crippen LogP contribution in [-0.2, 0) is 19.4 Å². The minimum Gasteiger partial charge on any atom is -0.508 e. The number of aromatic hydroxyl groups is 1. The van der Waals surface area contributed by atoms with Gasteiger partial charge in [-0.15, -0.1) is 0 Å². The molecular weight excluding hydrogens is 528 g/mol. The molecule has 4 aromatic carbocycles. The number of hydrogen-bond acceptors (Lipinski definition) is 8. The van der Waals surface area contributed by atoms with Gasteiger partial charge in [0.25, 0.3) is 0 Å². The van der Waals surface area contributed by atoms with Gasteiger partial charge in [0.05, 0.1) is 18.0 Å². The van der Waals surface area contributed by atoms with Gasteiger partial charge in [-0.1, -0.05) is 18.2 Å². The molecular formula is C31H32N2O6S. The highest BCUT2D eigenvalue weighted by Gasteiger charge is 2.20. The maximum absolute atomic E-state index is 11.9. The number of carbonyl (C=O) groups is 1. The summed E-state index contributed by atoms with van der Waals surface area (Å²) in [6, 6.07) is 23.6. The van der Waals surface area contributed by atoms with Crippen molar-refractivity contribution in [3.63, 3.8) is 0 Å². The van der Waals surface area contributed by atoms with Gasteiger partial charge in [-0.25, -0.2) is 8.42 Å². The van der Waals surface area contributed by atoms with E-state index in [1.54, 1.807) is 36.4 Å². The molecule has 208 valence electrons. The smallest absolute Gasteiger partial charge is 0.320 e. The van der Waals surface area contributed by atoms with Crippen LogP contribution in [0.25, 0.3) is 21.9 Å². The Morgan fingerprint density at radius 1 is 0.900 bits per heavy atom. The molecule has 1 fully saturated rings. The van der Waals surface area contributed by atoms with Crippen LogP contribution in [0, 0.1) is 0 Å². The van der Waals surface area contributed by atoms with Crippen molar-refractivity contribution in [2.45, 2.75) is 11.8 Å². The summed E-state index contributed by atoms with van der Waals surface area (Å²) in [6.07, 6.45) is 1.19. The molecule has 0 aliphatic carbocycles. The Labute approximate surface area is 234 Å². The molecule has 8 nitrogen and oxygen atoms in total. The van der Waals surface area contributed by atoms with Crippen molar-refractivity contribution in [1.29, 1.82) is 0 Å². The summed E-state index contributed by atoms with van der Waals surface area (Å²) in [7, 11) is -3.31. The number of ether oxygens (including phenoxy) is 2. The third-order valence-corrected chi connectivity index (χ3v) is 8.13. The van der Waals surface area contributed by atoms with Crippen LogP contribution < -0.4 is 9.64 Å². The fourth-order valence-electron chi connectivity index (χ4n) is 4.90. The first-order chi connectivity index (χ1) is 19.2. The first-order valence-corrected chi connectivity index (χ1v) is 15.1. The molecule has 0 unspecified atom stereocenters. The van der Waals surface area contributed by atoms with E-state index in [4.69, 9.17) is 9.47 Å². The molecule has 1 aliphatic heterocycles. The van der Waals surface area contributed by atoms with Crippen LogP contribution in [0.5, 0.6) is 17.2 Å². The minimum atomic E-state index is -3.31. The summed E-state index contributed by atoms with van der Waals surface area (Å²) in [4.78, 5) is 16.4. The summed E-state index contributed by atoms with van der Waals surface area (Å²) in [5, 5.41) is 11.7. The number of rotatable bonds is 8. The predicted octanol–water partition coefficient (Wildman–Crippen LogP) is 5.09. The second kappa shape index (κ2) is 11.6. The van der Waals surface area contributed by atoms with Gasteiger partial charge < -0.3 is 19.5 Å². The number of hydrogen-bond donors (Lipinski definition) is 1. The zero-order valence-corrected chi connectivity index (χ0v) is 23.4. The summed E-state index contributed by atoms with van der Waals surface area (Å²) in [5.74, 6) is 1.24. The van der Waals surface area contributed by atoms with Crippen molar-refractivity contribution in [1.82, 2.24) is 4.90 Å². The number of nitrogens with zero attached hydrogens (tertiary/aromatic N) is 2. The quantitative estimate of drug-likeness (QED) is 0.298. The van der Waals surface area contributed by atoms with Gasteiger partial charge in [0, 0.05) is 49.1 Å². The molecule has 0 amide bonds. The molecule has 0 radical (unpaired) electrons. The van der Waals surface area contributed by atoms with E-state index in [1.165, 1.54) is 6.26 Å². The monoisotopic (exact) mass is 560 g/mol. The van der Waals surface area contributed by atoms with Crippen molar-refractivity contribution in [2.24, 2.45) is 0 Å². The van der Waals surface area contributed by atoms with Crippen molar-refractivity contribution in [2.75, 3.05) is 50.5 Å². The van der Waals surface area contributed by atoms with Crippen molar-refractivity contribution in [3.05, 3.63) is 78.9 Å². The molecule has 0 saturated carbocycles. The van der Waals surface area contributed by atoms with Crippen LogP contribution in [0.2, 0.25) is 0 Å². The van der Waals surface area contributed by atoms with E-state index in [1.807, 2.05) is 49.4 Å². The van der Waals surface area contributed by atoms with Gasteiger partial charge in [-0.2, -0.15) is 0 Å². The van der Waals surface area contributed by atoms with E-state index in [0.29, 0.717) is 24.7 Å². The Kier molecular flexibility index (Phi) is 7.95. The molecule has 0 atom stereocenters. The number of sulfone groups is 1. The third-order valence-electron chi connectivity index (χ3n) is 7.00. The highest BCUT2D eigenvalue weighted by Crippen LogP contribution is 2.41. The summed E-state index contributed by atoms with van der Waals surface area (Å²) >= 11 is 0. The SMILES string of the molecule is CCOC(=O)CN1CCN(c2ccc(Oc3c(-c4ccc(S(C)(=O)=O)cc4)ccc4cc(O)ccc34)cc2)CC1. The molecule has 1 saturated heterocycles. The number of phenols is 1. The minimum absolute atomic E-state index is 0.162. The highest BCUT2D eigenvalue weighted by atomic mass is 32.2. The Hall–Kier alpha value is -4.08. The fraction of sp³-hybridized carbons (Fsp3) is 0.258. The van der Waals surface area contributed by atoms with Gasteiger partial charge in [0.15, 0.2) is 9.84 Å². The van der Waals surface area contributed by atoms with E-state index < -0.39 is 9.84 Å². The summed E-state index contributed by atoms with van der Waals surface area (Å²) in [5.41, 5.74) is 2.69. The Morgan fingerprint density at radius 3 is 2.25 bits per heavy atom. The Balaban J connectivity index is 1.38. The fourth-order valence-corrected chi connectivity index (χ4v) is 5.53. The van der Waals surface area contributed by atoms with Gasteiger partial charge in [0.2, 0.25) is 0 Å². The van der Waals surface area contributed by atoms with Crippen LogP contribution >= 0.6 is 0 Å². The summed E-state index contributed by atoms with van der Waals surface area (Å²) < 4.78 is 35.4. The molecule has 1 N–H and O–H groups in total. The molecule has 0 spiro atoms. The number of esters is 1. The maximum Gasteiger partial charge on any atom is 0.320 e. The number of anilines is 1. The average Bonchev–Trinajstić information content (AvgIpc) is 2.94. The normalized spacial score (nSPS) is 14.3. The van der Waals surface area contributed by atoms with Crippen molar-refractivity contribution < 1.29 is 27.8 Å². The van der Waals surface area contributed by atoms with E-state index in [2.05, 4.69) is 9.80 Å². The standard InChI is InChI=1S/C31H32N2O6S/c1-3-38-30(35)21-32-16-18-33(19-17-32)24-7-10-26(11-8-24)39-31-28(14-6-23-20-25(34)9-15-29(23)31)22-4-12-27(13-5-22)40(2,36)37/h4-15,20,34H,3,16-19,21H2,1-2H3. The first kappa shape index (κ1) is 27.5. The number of carbonyl (C=O) groups excluding carboxylic acids is 1. The highest BCUT2D eigenvalue weighted by molar-refractivity contribution is 7.90. The molecule has 5 rings (SSSR count). The van der Waals surface area contributed by atoms with Crippen LogP contribution in [0.1, 0.15) is 6.92 Å². The Morgan fingerprint density at radius 2 is 1.60 bits per heavy atom. The zero-order chi connectivity index (χ0) is 28.3. The molecule has 40 heavy (non-hydrogen) atoms. The number of benzene rings is 4. The second-order valence-electron chi connectivity index (χ2n) is 9.81. The lowest BCUT2D eigenvalue weighted by atomic mass is 9.99. The van der Waals surface area contributed by atoms with E-state index in [-0.39, 0.29) is 16.6 Å². The van der Waals surface area contributed by atoms with E-state index >= 15 is 0 Å². The van der Waals surface area contributed by atoms with Crippen LogP contribution in [-0.4, -0.2) is 70.0 Å². The van der Waals surface area contributed by atoms with Gasteiger partial charge in [-0.3, -0.25) is 9.69 Å². The lowest BCUT2D eigenvalue weighted by Gasteiger charge is -2.35. The molecule has 0 aromatic heterocycles. The van der Waals surface area contributed by atoms with Crippen LogP contribution in [0.4, 0.5) is 5.69 Å². The lowest BCUT2D eigenvalue weighted by molar-refractivity contribution is -0.144. The van der Waals surface area contributed by atoms with Crippen molar-refractivity contribution >= 4 is 32.3 Å². The van der Waals surface area contributed by atoms with Crippen molar-refractivity contribution in [3.8, 4) is 28.4 Å². The van der Waals surface area contributed by atoms with E-state index in [0.717, 1.165) is 53.8 Å². The molecule has 1 aliphatic rings. The van der Waals surface area contributed by atoms with E-state index in [9.17, 15) is 18.3 Å². The van der Waals surface area contributed by atoms with Crippen LogP contribution in [0.15, 0.2) is 83.8 Å². The third kappa shape index (κ3) is 6.21. The average molecular weight is 561 g/mol. The largest absolute Gasteiger partial charge is 0.508 e. The molecule has 4 aromatic rings. The van der Waals surface area contributed by atoms with Gasteiger partial charge in [-0.05, 0) is 78.5 Å². The lowest BCUT2D eigenvalue weighted by Crippen LogP contribution is -2.48. The topological polar surface area (TPSA) is 96.4 Å². The number of piperazine rings is 1. The zero-order valence-electron chi connectivity index (χ0n) is 22.5. The van der Waals surface area contributed by atoms with Crippen LogP contribution in [0.3, 0.4) is 0 Å². The Bertz CT molecular complexity index is 1610.